The van der Waals surface area contributed by atoms with Gasteiger partial charge in [-0.1, -0.05) is 57.8 Å². The van der Waals surface area contributed by atoms with Crippen LogP contribution >= 0.6 is 0 Å². The number of ether oxygens (including phenoxy) is 1. The molecule has 14 heteroatoms. The number of amides is 5. The molecule has 0 aromatic rings. The van der Waals surface area contributed by atoms with E-state index in [1.54, 1.807) is 25.7 Å². The Labute approximate surface area is 321 Å². The van der Waals surface area contributed by atoms with Crippen molar-refractivity contribution in [3.05, 3.63) is 0 Å². The molecule has 4 aliphatic carbocycles. The Bertz CT molecular complexity index is 1540. The van der Waals surface area contributed by atoms with Crippen molar-refractivity contribution in [1.29, 1.82) is 0 Å². The number of Topliss-reactive ketones (excluding diaryl/α,β-unsaturated/α-hetero) is 1. The predicted molar refractivity (Wildman–Crippen MR) is 204 cm³/mol. The van der Waals surface area contributed by atoms with Crippen molar-refractivity contribution in [2.45, 2.75) is 190 Å². The van der Waals surface area contributed by atoms with E-state index in [0.29, 0.717) is 25.7 Å². The molecule has 2 heterocycles. The van der Waals surface area contributed by atoms with Crippen molar-refractivity contribution in [1.82, 2.24) is 26.2 Å². The molecule has 5 atom stereocenters. The Morgan fingerprint density at radius 3 is 2.09 bits per heavy atom. The monoisotopic (exact) mass is 775 g/mol. The molecule has 0 radical (unpaired) electrons. The Hall–Kier alpha value is -2.74. The van der Waals surface area contributed by atoms with Crippen LogP contribution in [0.5, 0.6) is 0 Å². The van der Waals surface area contributed by atoms with Crippen LogP contribution in [0.25, 0.3) is 0 Å². The van der Waals surface area contributed by atoms with Gasteiger partial charge < -0.3 is 30.9 Å². The van der Waals surface area contributed by atoms with Gasteiger partial charge in [-0.15, -0.1) is 0 Å². The molecule has 1 unspecified atom stereocenters. The van der Waals surface area contributed by atoms with Gasteiger partial charge in [0.05, 0.1) is 33.8 Å². The molecule has 4 N–H and O–H groups in total. The molecule has 2 saturated heterocycles. The van der Waals surface area contributed by atoms with Crippen LogP contribution in [0, 0.1) is 17.8 Å². The zero-order valence-electron chi connectivity index (χ0n) is 33.2. The third kappa shape index (κ3) is 9.44. The molecule has 5 amide bonds. The van der Waals surface area contributed by atoms with Crippen molar-refractivity contribution < 1.29 is 37.1 Å². The van der Waals surface area contributed by atoms with Crippen LogP contribution < -0.4 is 21.3 Å². The Morgan fingerprint density at radius 2 is 1.50 bits per heavy atom. The van der Waals surface area contributed by atoms with Gasteiger partial charge in [-0.05, 0) is 97.8 Å². The normalized spacial score (nSPS) is 28.2. The lowest BCUT2D eigenvalue weighted by molar-refractivity contribution is -0.145. The van der Waals surface area contributed by atoms with Gasteiger partial charge in [-0.25, -0.2) is 13.2 Å². The minimum atomic E-state index is -3.57. The zero-order chi connectivity index (χ0) is 39.1. The van der Waals surface area contributed by atoms with E-state index >= 15 is 0 Å². The first-order chi connectivity index (χ1) is 25.4. The third-order valence-corrected chi connectivity index (χ3v) is 16.0. The highest BCUT2D eigenvalue weighted by Crippen LogP contribution is 2.44. The minimum Gasteiger partial charge on any atom is -0.370 e. The van der Waals surface area contributed by atoms with Crippen LogP contribution in [0.2, 0.25) is 0 Å². The summed E-state index contributed by atoms with van der Waals surface area (Å²) in [7, 11) is -3.57. The first-order valence-corrected chi connectivity index (χ1v) is 22.5. The maximum atomic E-state index is 14.9. The summed E-state index contributed by atoms with van der Waals surface area (Å²) in [4.78, 5) is 71.5. The summed E-state index contributed by atoms with van der Waals surface area (Å²) in [5.41, 5.74) is -1.47. The average Bonchev–Trinajstić information content (AvgIpc) is 3.75. The van der Waals surface area contributed by atoms with Gasteiger partial charge in [0.2, 0.25) is 17.6 Å². The maximum Gasteiger partial charge on any atom is 0.315 e. The molecule has 0 aromatic carbocycles. The summed E-state index contributed by atoms with van der Waals surface area (Å²) >= 11 is 0. The highest BCUT2D eigenvalue weighted by molar-refractivity contribution is 7.92. The van der Waals surface area contributed by atoms with Gasteiger partial charge in [0, 0.05) is 18.5 Å². The Kier molecular flexibility index (Phi) is 12.1. The number of hydrogen-bond donors (Lipinski definition) is 4. The number of nitrogens with one attached hydrogen (secondary N) is 4. The molecule has 304 valence electrons. The van der Waals surface area contributed by atoms with Crippen molar-refractivity contribution in [3.8, 4) is 0 Å². The summed E-state index contributed by atoms with van der Waals surface area (Å²) in [5, 5.41) is 11.8. The molecule has 13 nitrogen and oxygen atoms in total. The highest BCUT2D eigenvalue weighted by Gasteiger charge is 2.57. The van der Waals surface area contributed by atoms with Crippen LogP contribution in [0.15, 0.2) is 0 Å². The Balaban J connectivity index is 1.24. The zero-order valence-corrected chi connectivity index (χ0v) is 34.0. The number of nitrogens with zero attached hydrogens (tertiary/aromatic N) is 1. The number of likely N-dealkylation sites (tertiary alicyclic amines) is 1. The molecule has 0 aromatic heterocycles. The molecule has 4 saturated carbocycles. The first kappa shape index (κ1) is 40.9. The number of rotatable bonds is 13. The second-order valence-corrected chi connectivity index (χ2v) is 21.9. The van der Waals surface area contributed by atoms with Gasteiger partial charge in [0.1, 0.15) is 12.1 Å². The third-order valence-electron chi connectivity index (χ3n) is 13.2. The van der Waals surface area contributed by atoms with Gasteiger partial charge in [-0.2, -0.15) is 0 Å². The number of sulfone groups is 1. The summed E-state index contributed by atoms with van der Waals surface area (Å²) in [6, 6.07) is -3.47. The number of carbonyl (C=O) groups excluding carboxylic acids is 5. The van der Waals surface area contributed by atoms with E-state index in [-0.39, 0.29) is 42.0 Å². The van der Waals surface area contributed by atoms with Crippen molar-refractivity contribution >= 4 is 39.4 Å². The van der Waals surface area contributed by atoms with Crippen LogP contribution in [-0.2, 0) is 33.8 Å². The lowest BCUT2D eigenvalue weighted by Crippen LogP contribution is -2.63. The van der Waals surface area contributed by atoms with Crippen molar-refractivity contribution in [2.75, 3.05) is 12.3 Å². The van der Waals surface area contributed by atoms with Gasteiger partial charge in [0.25, 0.3) is 5.91 Å². The number of hydrogen-bond acceptors (Lipinski definition) is 8. The van der Waals surface area contributed by atoms with Crippen LogP contribution in [0.3, 0.4) is 0 Å². The molecule has 0 bridgehead atoms. The SMILES string of the molecule is CC1(C)C[C@H]2[C@H](CN(C(=O)[C@@H](NC(=O)NC3(CS(=O)(=O)C(C)(C)C)CCCCC3)C3CCCCC3)[C@@H]2C(=O)NC(CC2CCC2)C(=O)C(=O)NC2CC2)O1. The molecular formula is C40H65N5O8S. The first-order valence-electron chi connectivity index (χ1n) is 20.8. The van der Waals surface area contributed by atoms with Crippen molar-refractivity contribution in [2.24, 2.45) is 17.8 Å². The fraction of sp³-hybridized carbons (Fsp3) is 0.875. The fourth-order valence-corrected chi connectivity index (χ4v) is 11.1. The van der Waals surface area contributed by atoms with E-state index in [1.807, 2.05) is 13.8 Å². The summed E-state index contributed by atoms with van der Waals surface area (Å²) < 4.78 is 32.3. The molecule has 6 rings (SSSR count). The molecule has 0 spiro atoms. The summed E-state index contributed by atoms with van der Waals surface area (Å²) in [5.74, 6) is -2.63. The van der Waals surface area contributed by atoms with E-state index < -0.39 is 73.6 Å². The molecule has 54 heavy (non-hydrogen) atoms. The predicted octanol–water partition coefficient (Wildman–Crippen LogP) is 4.07. The summed E-state index contributed by atoms with van der Waals surface area (Å²) in [6.07, 6.45) is 13.0. The lowest BCUT2D eigenvalue weighted by atomic mass is 9.80. The van der Waals surface area contributed by atoms with Crippen LogP contribution in [0.4, 0.5) is 4.79 Å². The number of carbonyl (C=O) groups is 5. The van der Waals surface area contributed by atoms with Crippen molar-refractivity contribution in [3.63, 3.8) is 0 Å². The van der Waals surface area contributed by atoms with Crippen LogP contribution in [-0.4, -0.2) is 101 Å². The molecule has 6 fully saturated rings. The average molecular weight is 776 g/mol. The molecular weight excluding hydrogens is 711 g/mol. The van der Waals surface area contributed by atoms with E-state index in [2.05, 4.69) is 21.3 Å². The Morgan fingerprint density at radius 1 is 0.852 bits per heavy atom. The second kappa shape index (κ2) is 16.0. The van der Waals surface area contributed by atoms with Gasteiger partial charge >= 0.3 is 6.03 Å². The maximum absolute atomic E-state index is 14.9. The van der Waals surface area contributed by atoms with E-state index in [9.17, 15) is 32.4 Å². The smallest absolute Gasteiger partial charge is 0.315 e. The van der Waals surface area contributed by atoms with E-state index in [4.69, 9.17) is 4.74 Å². The topological polar surface area (TPSA) is 180 Å². The fourth-order valence-electron chi connectivity index (χ4n) is 9.59. The standard InChI is InChI=1S/C40H65N5O8S/c1-38(2,3)54(51,52)24-40(19-10-7-11-20-40)44-37(50)43-31(26-15-8-6-9-16-26)36(49)45-23-30-28(22-39(4,5)53-30)32(45)34(47)42-29(21-25-13-12-14-25)33(46)35(48)41-27-17-18-27/h25-32H,6-24H2,1-5H3,(H,41,48)(H,42,47)(H2,43,44,50)/t28-,29?,30-,31-,32-/m0/s1. The number of urea groups is 1. The largest absolute Gasteiger partial charge is 0.370 e. The highest BCUT2D eigenvalue weighted by atomic mass is 32.2. The number of ketones is 1. The van der Waals surface area contributed by atoms with Gasteiger partial charge in [0.15, 0.2) is 9.84 Å². The lowest BCUT2D eigenvalue weighted by Gasteiger charge is -2.41. The second-order valence-electron chi connectivity index (χ2n) is 19.1. The van der Waals surface area contributed by atoms with Gasteiger partial charge in [-0.3, -0.25) is 19.2 Å². The quantitative estimate of drug-likeness (QED) is 0.202. The summed E-state index contributed by atoms with van der Waals surface area (Å²) in [6.45, 7) is 9.12. The van der Waals surface area contributed by atoms with E-state index in [0.717, 1.165) is 83.5 Å². The number of fused-ring (bicyclic) bond motifs is 1. The molecule has 2 aliphatic heterocycles. The molecule has 6 aliphatic rings. The van der Waals surface area contributed by atoms with Crippen LogP contribution in [0.1, 0.15) is 144 Å². The van der Waals surface area contributed by atoms with E-state index in [1.165, 1.54) is 0 Å². The minimum absolute atomic E-state index is 0.000353.